The molecule has 0 aliphatic carbocycles. The highest BCUT2D eigenvalue weighted by Crippen LogP contribution is 2.34. The Kier molecular flexibility index (Phi) is 5.63. The minimum Gasteiger partial charge on any atom is -0.497 e. The summed E-state index contributed by atoms with van der Waals surface area (Å²) < 4.78 is 44.2. The van der Waals surface area contributed by atoms with Crippen molar-refractivity contribution in [2.45, 2.75) is 19.5 Å². The summed E-state index contributed by atoms with van der Waals surface area (Å²) in [7, 11) is 1.50. The number of imide groups is 1. The van der Waals surface area contributed by atoms with E-state index in [1.807, 2.05) is 6.92 Å². The number of nitrogens with zero attached hydrogens (tertiary/aromatic N) is 1. The van der Waals surface area contributed by atoms with E-state index in [9.17, 15) is 22.8 Å². The zero-order valence-electron chi connectivity index (χ0n) is 15.8. The van der Waals surface area contributed by atoms with Crippen molar-refractivity contribution in [2.75, 3.05) is 19.0 Å². The van der Waals surface area contributed by atoms with Gasteiger partial charge in [-0.05, 0) is 42.3 Å². The predicted molar refractivity (Wildman–Crippen MR) is 102 cm³/mol. The van der Waals surface area contributed by atoms with Crippen LogP contribution in [0, 0.1) is 0 Å². The SMILES string of the molecule is CCCN1C(=O)C(Nc2cccc(C(F)(F)F)c2)=C(c2ccc(OC)cc2)C1=O. The average molecular weight is 404 g/mol. The predicted octanol–water partition coefficient (Wildman–Crippen LogP) is 4.32. The lowest BCUT2D eigenvalue weighted by Gasteiger charge is -2.14. The number of halogens is 3. The van der Waals surface area contributed by atoms with E-state index in [0.717, 1.165) is 17.0 Å². The van der Waals surface area contributed by atoms with E-state index in [1.54, 1.807) is 24.3 Å². The second-order valence-electron chi connectivity index (χ2n) is 6.44. The summed E-state index contributed by atoms with van der Waals surface area (Å²) in [6, 6.07) is 11.0. The molecule has 1 aliphatic heterocycles. The van der Waals surface area contributed by atoms with E-state index < -0.39 is 23.6 Å². The summed E-state index contributed by atoms with van der Waals surface area (Å²) in [6.07, 6.45) is -3.96. The number of carbonyl (C=O) groups is 2. The van der Waals surface area contributed by atoms with Crippen molar-refractivity contribution in [1.82, 2.24) is 4.90 Å². The average Bonchev–Trinajstić information content (AvgIpc) is 2.92. The van der Waals surface area contributed by atoms with Gasteiger partial charge in [0.05, 0.1) is 18.2 Å². The van der Waals surface area contributed by atoms with Gasteiger partial charge in [-0.1, -0.05) is 25.1 Å². The summed E-state index contributed by atoms with van der Waals surface area (Å²) in [6.45, 7) is 2.04. The summed E-state index contributed by atoms with van der Waals surface area (Å²) in [4.78, 5) is 26.8. The highest BCUT2D eigenvalue weighted by Gasteiger charge is 2.39. The molecular formula is C21H19F3N2O3. The molecule has 1 heterocycles. The van der Waals surface area contributed by atoms with E-state index in [0.29, 0.717) is 17.7 Å². The number of alkyl halides is 3. The zero-order chi connectivity index (χ0) is 21.2. The molecule has 1 N–H and O–H groups in total. The number of amides is 2. The molecule has 2 amide bonds. The Bertz CT molecular complexity index is 966. The van der Waals surface area contributed by atoms with Crippen LogP contribution in [-0.4, -0.2) is 30.4 Å². The van der Waals surface area contributed by atoms with Gasteiger partial charge in [-0.2, -0.15) is 13.2 Å². The summed E-state index contributed by atoms with van der Waals surface area (Å²) >= 11 is 0. The van der Waals surface area contributed by atoms with E-state index >= 15 is 0 Å². The van der Waals surface area contributed by atoms with Gasteiger partial charge < -0.3 is 10.1 Å². The van der Waals surface area contributed by atoms with E-state index in [2.05, 4.69) is 5.32 Å². The second-order valence-corrected chi connectivity index (χ2v) is 6.44. The number of benzene rings is 2. The van der Waals surface area contributed by atoms with Crippen LogP contribution in [0.15, 0.2) is 54.2 Å². The fourth-order valence-corrected chi connectivity index (χ4v) is 3.06. The van der Waals surface area contributed by atoms with Crippen molar-refractivity contribution in [2.24, 2.45) is 0 Å². The van der Waals surface area contributed by atoms with Crippen molar-refractivity contribution >= 4 is 23.1 Å². The van der Waals surface area contributed by atoms with Crippen molar-refractivity contribution in [3.05, 3.63) is 65.4 Å². The van der Waals surface area contributed by atoms with Gasteiger partial charge in [0.25, 0.3) is 11.8 Å². The Hall–Kier alpha value is -3.29. The van der Waals surface area contributed by atoms with Crippen LogP contribution in [0.4, 0.5) is 18.9 Å². The number of ether oxygens (including phenoxy) is 1. The number of hydrogen-bond acceptors (Lipinski definition) is 4. The van der Waals surface area contributed by atoms with E-state index in [4.69, 9.17) is 4.74 Å². The van der Waals surface area contributed by atoms with Crippen LogP contribution in [0.3, 0.4) is 0 Å². The Morgan fingerprint density at radius 1 is 1.03 bits per heavy atom. The minimum atomic E-state index is -4.52. The van der Waals surface area contributed by atoms with Gasteiger partial charge in [0.15, 0.2) is 0 Å². The molecule has 8 heteroatoms. The van der Waals surface area contributed by atoms with Crippen LogP contribution in [0.25, 0.3) is 5.57 Å². The lowest BCUT2D eigenvalue weighted by Crippen LogP contribution is -2.33. The fraction of sp³-hybridized carbons (Fsp3) is 0.238. The van der Waals surface area contributed by atoms with Gasteiger partial charge in [0, 0.05) is 12.2 Å². The van der Waals surface area contributed by atoms with Crippen LogP contribution in [0.1, 0.15) is 24.5 Å². The number of carbonyl (C=O) groups excluding carboxylic acids is 2. The lowest BCUT2D eigenvalue weighted by molar-refractivity contribution is -0.138. The monoisotopic (exact) mass is 404 g/mol. The molecule has 0 bridgehead atoms. The lowest BCUT2D eigenvalue weighted by atomic mass is 10.0. The van der Waals surface area contributed by atoms with Gasteiger partial charge >= 0.3 is 6.18 Å². The molecule has 152 valence electrons. The number of hydrogen-bond donors (Lipinski definition) is 1. The first-order valence-electron chi connectivity index (χ1n) is 8.95. The van der Waals surface area contributed by atoms with Crippen LogP contribution in [-0.2, 0) is 15.8 Å². The van der Waals surface area contributed by atoms with Crippen molar-refractivity contribution in [3.8, 4) is 5.75 Å². The molecule has 2 aromatic carbocycles. The molecule has 0 unspecified atom stereocenters. The van der Waals surface area contributed by atoms with Crippen molar-refractivity contribution in [1.29, 1.82) is 0 Å². The molecule has 0 aromatic heterocycles. The topological polar surface area (TPSA) is 58.6 Å². The van der Waals surface area contributed by atoms with Crippen molar-refractivity contribution < 1.29 is 27.5 Å². The molecule has 3 rings (SSSR count). The van der Waals surface area contributed by atoms with E-state index in [-0.39, 0.29) is 23.5 Å². The second kappa shape index (κ2) is 7.98. The first-order chi connectivity index (χ1) is 13.8. The largest absolute Gasteiger partial charge is 0.497 e. The van der Waals surface area contributed by atoms with Crippen LogP contribution in [0.5, 0.6) is 5.75 Å². The molecule has 5 nitrogen and oxygen atoms in total. The van der Waals surface area contributed by atoms with Crippen molar-refractivity contribution in [3.63, 3.8) is 0 Å². The minimum absolute atomic E-state index is 0.0482. The standard InChI is InChI=1S/C21H19F3N2O3/c1-3-11-26-19(27)17(13-7-9-16(29-2)10-8-13)18(20(26)28)25-15-6-4-5-14(12-15)21(22,23)24/h4-10,12,25H,3,11H2,1-2H3. The highest BCUT2D eigenvalue weighted by molar-refractivity contribution is 6.36. The molecule has 0 atom stereocenters. The third-order valence-corrected chi connectivity index (χ3v) is 4.45. The first-order valence-corrected chi connectivity index (χ1v) is 8.95. The maximum atomic E-state index is 13.0. The number of anilines is 1. The van der Waals surface area contributed by atoms with Gasteiger partial charge in [-0.15, -0.1) is 0 Å². The zero-order valence-corrected chi connectivity index (χ0v) is 15.8. The van der Waals surface area contributed by atoms with Crippen LogP contribution >= 0.6 is 0 Å². The number of nitrogens with one attached hydrogen (secondary N) is 1. The van der Waals surface area contributed by atoms with Gasteiger partial charge in [-0.3, -0.25) is 14.5 Å². The molecular weight excluding hydrogens is 385 g/mol. The maximum absolute atomic E-state index is 13.0. The van der Waals surface area contributed by atoms with Gasteiger partial charge in [-0.25, -0.2) is 0 Å². The van der Waals surface area contributed by atoms with Crippen LogP contribution in [0.2, 0.25) is 0 Å². The summed E-state index contributed by atoms with van der Waals surface area (Å²) in [5.41, 5.74) is -0.245. The third-order valence-electron chi connectivity index (χ3n) is 4.45. The maximum Gasteiger partial charge on any atom is 0.416 e. The van der Waals surface area contributed by atoms with E-state index in [1.165, 1.54) is 19.2 Å². The number of rotatable bonds is 6. The molecule has 29 heavy (non-hydrogen) atoms. The fourth-order valence-electron chi connectivity index (χ4n) is 3.06. The molecule has 0 radical (unpaired) electrons. The normalized spacial score (nSPS) is 14.6. The first kappa shape index (κ1) is 20.4. The molecule has 1 aliphatic rings. The quantitative estimate of drug-likeness (QED) is 0.729. The molecule has 0 spiro atoms. The molecule has 0 fully saturated rings. The Balaban J connectivity index is 2.05. The Morgan fingerprint density at radius 3 is 2.31 bits per heavy atom. The van der Waals surface area contributed by atoms with Crippen LogP contribution < -0.4 is 10.1 Å². The Labute approximate surface area is 165 Å². The smallest absolute Gasteiger partial charge is 0.416 e. The molecule has 2 aromatic rings. The number of methoxy groups -OCH3 is 1. The van der Waals surface area contributed by atoms with Gasteiger partial charge in [0.1, 0.15) is 11.4 Å². The Morgan fingerprint density at radius 2 is 1.72 bits per heavy atom. The molecule has 0 saturated heterocycles. The summed E-state index contributed by atoms with van der Waals surface area (Å²) in [5.74, 6) is -0.486. The third kappa shape index (κ3) is 4.11. The summed E-state index contributed by atoms with van der Waals surface area (Å²) in [5, 5.41) is 2.74. The highest BCUT2D eigenvalue weighted by atomic mass is 19.4. The molecule has 0 saturated carbocycles. The van der Waals surface area contributed by atoms with Gasteiger partial charge in [0.2, 0.25) is 0 Å².